The number of rotatable bonds is 4. The molecule has 0 unspecified atom stereocenters. The molecule has 0 spiro atoms. The van der Waals surface area contributed by atoms with Crippen LogP contribution >= 0.6 is 0 Å². The fourth-order valence-corrected chi connectivity index (χ4v) is 1.67. The molecule has 0 atom stereocenters. The van der Waals surface area contributed by atoms with Gasteiger partial charge < -0.3 is 14.5 Å². The van der Waals surface area contributed by atoms with Gasteiger partial charge in [0.1, 0.15) is 0 Å². The number of nitrogens with one attached hydrogen (secondary N) is 1. The Bertz CT molecular complexity index is 488. The highest BCUT2D eigenvalue weighted by atomic mass is 16.5. The molecule has 0 aliphatic rings. The third-order valence-corrected chi connectivity index (χ3v) is 2.68. The van der Waals surface area contributed by atoms with Crippen LogP contribution in [0.25, 0.3) is 11.1 Å². The molecule has 18 heavy (non-hydrogen) atoms. The van der Waals surface area contributed by atoms with Crippen molar-refractivity contribution in [3.8, 4) is 11.1 Å². The predicted octanol–water partition coefficient (Wildman–Crippen LogP) is 2.85. The van der Waals surface area contributed by atoms with Gasteiger partial charge in [0, 0.05) is 12.1 Å². The lowest BCUT2D eigenvalue weighted by molar-refractivity contribution is 0.171. The van der Waals surface area contributed by atoms with Crippen molar-refractivity contribution < 1.29 is 13.9 Å². The first kappa shape index (κ1) is 12.2. The lowest BCUT2D eigenvalue weighted by Crippen LogP contribution is -2.25. The molecule has 1 amide bonds. The van der Waals surface area contributed by atoms with Crippen molar-refractivity contribution in [3.05, 3.63) is 48.4 Å². The van der Waals surface area contributed by atoms with E-state index in [0.29, 0.717) is 6.54 Å². The number of methoxy groups -OCH3 is 1. The SMILES string of the molecule is COC(=O)NCCc1ccc(-c2ccoc2)cc1. The first-order valence-corrected chi connectivity index (χ1v) is 5.73. The van der Waals surface area contributed by atoms with Crippen molar-refractivity contribution >= 4 is 6.09 Å². The summed E-state index contributed by atoms with van der Waals surface area (Å²) in [5.41, 5.74) is 3.35. The number of alkyl carbamates (subject to hydrolysis) is 1. The summed E-state index contributed by atoms with van der Waals surface area (Å²) in [6, 6.07) is 10.1. The minimum Gasteiger partial charge on any atom is -0.472 e. The Morgan fingerprint density at radius 2 is 2.00 bits per heavy atom. The summed E-state index contributed by atoms with van der Waals surface area (Å²) in [6.45, 7) is 0.567. The second kappa shape index (κ2) is 5.91. The van der Waals surface area contributed by atoms with Crippen molar-refractivity contribution in [2.75, 3.05) is 13.7 Å². The van der Waals surface area contributed by atoms with Crippen molar-refractivity contribution in [2.24, 2.45) is 0 Å². The number of hydrogen-bond donors (Lipinski definition) is 1. The van der Waals surface area contributed by atoms with Gasteiger partial charge in [0.2, 0.25) is 0 Å². The summed E-state index contributed by atoms with van der Waals surface area (Å²) in [4.78, 5) is 10.9. The molecule has 0 bridgehead atoms. The topological polar surface area (TPSA) is 51.5 Å². The second-order valence-corrected chi connectivity index (χ2v) is 3.88. The number of benzene rings is 1. The van der Waals surface area contributed by atoms with E-state index in [-0.39, 0.29) is 0 Å². The monoisotopic (exact) mass is 245 g/mol. The highest BCUT2D eigenvalue weighted by Crippen LogP contribution is 2.19. The largest absolute Gasteiger partial charge is 0.472 e. The summed E-state index contributed by atoms with van der Waals surface area (Å²) in [7, 11) is 1.36. The Morgan fingerprint density at radius 1 is 1.22 bits per heavy atom. The first-order valence-electron chi connectivity index (χ1n) is 5.73. The molecule has 0 aliphatic carbocycles. The number of ether oxygens (including phenoxy) is 1. The number of carbonyl (C=O) groups excluding carboxylic acids is 1. The molecule has 1 aromatic carbocycles. The Morgan fingerprint density at radius 3 is 2.61 bits per heavy atom. The molecule has 0 saturated heterocycles. The Kier molecular flexibility index (Phi) is 4.02. The number of carbonyl (C=O) groups is 1. The van der Waals surface area contributed by atoms with Gasteiger partial charge in [0.15, 0.2) is 0 Å². The number of amides is 1. The van der Waals surface area contributed by atoms with Crippen LogP contribution in [0.15, 0.2) is 47.3 Å². The Balaban J connectivity index is 1.90. The maximum absolute atomic E-state index is 10.9. The van der Waals surface area contributed by atoms with Gasteiger partial charge in [-0.25, -0.2) is 4.79 Å². The lowest BCUT2D eigenvalue weighted by Gasteiger charge is -2.04. The third-order valence-electron chi connectivity index (χ3n) is 2.68. The van der Waals surface area contributed by atoms with E-state index in [2.05, 4.69) is 10.1 Å². The maximum atomic E-state index is 10.9. The zero-order valence-electron chi connectivity index (χ0n) is 10.2. The van der Waals surface area contributed by atoms with Crippen molar-refractivity contribution in [1.29, 1.82) is 0 Å². The van der Waals surface area contributed by atoms with Crippen LogP contribution in [0, 0.1) is 0 Å². The van der Waals surface area contributed by atoms with Gasteiger partial charge in [0.05, 0.1) is 19.6 Å². The van der Waals surface area contributed by atoms with Crippen LogP contribution in [-0.2, 0) is 11.2 Å². The van der Waals surface area contributed by atoms with Crippen molar-refractivity contribution in [3.63, 3.8) is 0 Å². The molecular formula is C14H15NO3. The fraction of sp³-hybridized carbons (Fsp3) is 0.214. The summed E-state index contributed by atoms with van der Waals surface area (Å²) >= 11 is 0. The van der Waals surface area contributed by atoms with Gasteiger partial charge in [-0.3, -0.25) is 0 Å². The van der Waals surface area contributed by atoms with Crippen LogP contribution in [0.3, 0.4) is 0 Å². The third kappa shape index (κ3) is 3.13. The van der Waals surface area contributed by atoms with Gasteiger partial charge >= 0.3 is 6.09 Å². The molecule has 4 nitrogen and oxygen atoms in total. The van der Waals surface area contributed by atoms with E-state index in [0.717, 1.165) is 17.5 Å². The molecule has 1 heterocycles. The molecule has 1 aromatic heterocycles. The zero-order chi connectivity index (χ0) is 12.8. The fourth-order valence-electron chi connectivity index (χ4n) is 1.67. The van der Waals surface area contributed by atoms with E-state index in [1.165, 1.54) is 12.7 Å². The Labute approximate surface area is 106 Å². The molecule has 1 N–H and O–H groups in total. The summed E-state index contributed by atoms with van der Waals surface area (Å²) < 4.78 is 9.54. The van der Waals surface area contributed by atoms with E-state index in [1.807, 2.05) is 30.3 Å². The minimum atomic E-state index is -0.398. The van der Waals surface area contributed by atoms with Crippen LogP contribution in [0.2, 0.25) is 0 Å². The van der Waals surface area contributed by atoms with Gasteiger partial charge in [0.25, 0.3) is 0 Å². The molecule has 0 aliphatic heterocycles. The van der Waals surface area contributed by atoms with Crippen LogP contribution in [0.1, 0.15) is 5.56 Å². The average Bonchev–Trinajstić information content (AvgIpc) is 2.93. The minimum absolute atomic E-state index is 0.398. The van der Waals surface area contributed by atoms with Crippen molar-refractivity contribution in [2.45, 2.75) is 6.42 Å². The van der Waals surface area contributed by atoms with E-state index < -0.39 is 6.09 Å². The van der Waals surface area contributed by atoms with Crippen LogP contribution in [-0.4, -0.2) is 19.7 Å². The molecule has 0 fully saturated rings. The predicted molar refractivity (Wildman–Crippen MR) is 68.3 cm³/mol. The second-order valence-electron chi connectivity index (χ2n) is 3.88. The number of furan rings is 1. The molecule has 94 valence electrons. The quantitative estimate of drug-likeness (QED) is 0.901. The van der Waals surface area contributed by atoms with Crippen LogP contribution in [0.4, 0.5) is 4.79 Å². The zero-order valence-corrected chi connectivity index (χ0v) is 10.2. The highest BCUT2D eigenvalue weighted by Gasteiger charge is 2.00. The molecule has 0 radical (unpaired) electrons. The standard InChI is InChI=1S/C14H15NO3/c1-17-14(16)15-8-6-11-2-4-12(5-3-11)13-7-9-18-10-13/h2-5,7,9-10H,6,8H2,1H3,(H,15,16). The smallest absolute Gasteiger partial charge is 0.406 e. The first-order chi connectivity index (χ1) is 8.79. The molecule has 0 saturated carbocycles. The lowest BCUT2D eigenvalue weighted by atomic mass is 10.1. The van der Waals surface area contributed by atoms with Crippen LogP contribution < -0.4 is 5.32 Å². The van der Waals surface area contributed by atoms with E-state index in [4.69, 9.17) is 4.42 Å². The summed E-state index contributed by atoms with van der Waals surface area (Å²) in [6.07, 6.45) is 3.75. The van der Waals surface area contributed by atoms with Gasteiger partial charge in [-0.2, -0.15) is 0 Å². The highest BCUT2D eigenvalue weighted by molar-refractivity contribution is 5.66. The van der Waals surface area contributed by atoms with Gasteiger partial charge in [-0.05, 0) is 23.6 Å². The number of hydrogen-bond acceptors (Lipinski definition) is 3. The molecule has 4 heteroatoms. The molecular weight excluding hydrogens is 230 g/mol. The van der Waals surface area contributed by atoms with E-state index in [9.17, 15) is 4.79 Å². The maximum Gasteiger partial charge on any atom is 0.406 e. The van der Waals surface area contributed by atoms with Gasteiger partial charge in [-0.1, -0.05) is 24.3 Å². The Hall–Kier alpha value is -2.23. The van der Waals surface area contributed by atoms with Crippen molar-refractivity contribution in [1.82, 2.24) is 5.32 Å². The summed E-state index contributed by atoms with van der Waals surface area (Å²) in [5.74, 6) is 0. The van der Waals surface area contributed by atoms with Gasteiger partial charge in [-0.15, -0.1) is 0 Å². The van der Waals surface area contributed by atoms with E-state index in [1.54, 1.807) is 12.5 Å². The normalized spacial score (nSPS) is 10.1. The van der Waals surface area contributed by atoms with Crippen LogP contribution in [0.5, 0.6) is 0 Å². The average molecular weight is 245 g/mol. The summed E-state index contributed by atoms with van der Waals surface area (Å²) in [5, 5.41) is 2.65. The molecule has 2 aromatic rings. The molecule has 2 rings (SSSR count). The van der Waals surface area contributed by atoms with E-state index >= 15 is 0 Å².